The number of carbonyl (C=O) groups is 2. The molecule has 1 aliphatic heterocycles. The Kier molecular flexibility index (Phi) is 9.51. The maximum absolute atomic E-state index is 13.4. The van der Waals surface area contributed by atoms with Crippen LogP contribution in [0.15, 0.2) is 42.5 Å². The zero-order chi connectivity index (χ0) is 28.0. The van der Waals surface area contributed by atoms with Gasteiger partial charge in [-0.2, -0.15) is 0 Å². The minimum Gasteiger partial charge on any atom is -0.456 e. The highest BCUT2D eigenvalue weighted by Gasteiger charge is 2.44. The number of para-hydroxylation sites is 2. The maximum atomic E-state index is 13.4. The summed E-state index contributed by atoms with van der Waals surface area (Å²) in [6.45, 7) is 5.55. The third kappa shape index (κ3) is 6.73. The summed E-state index contributed by atoms with van der Waals surface area (Å²) in [7, 11) is 1.33. The molecule has 1 saturated heterocycles. The quantitative estimate of drug-likeness (QED) is 0.397. The summed E-state index contributed by atoms with van der Waals surface area (Å²) in [5, 5.41) is 15.3. The van der Waals surface area contributed by atoms with Gasteiger partial charge in [-0.25, -0.2) is 4.79 Å². The average Bonchev–Trinajstić information content (AvgIpc) is 3.39. The Morgan fingerprint density at radius 3 is 2.54 bits per heavy atom. The fraction of sp³-hybridized carbons (Fsp3) is 0.548. The SMILES string of the molecule is COC(=O)NCCCC(O)(c1ccccc1Oc1c(C)cccc1C)C1CCCN(C(=O)C2CCC(N)C2)C1. The first-order valence-electron chi connectivity index (χ1n) is 14.1. The molecule has 212 valence electrons. The van der Waals surface area contributed by atoms with Crippen LogP contribution in [-0.4, -0.2) is 54.8 Å². The second kappa shape index (κ2) is 12.8. The first kappa shape index (κ1) is 28.9. The number of amides is 2. The molecule has 4 unspecified atom stereocenters. The number of rotatable bonds is 9. The van der Waals surface area contributed by atoms with Gasteiger partial charge in [0.2, 0.25) is 5.91 Å². The van der Waals surface area contributed by atoms with Gasteiger partial charge in [-0.1, -0.05) is 36.4 Å². The van der Waals surface area contributed by atoms with Crippen LogP contribution in [0.3, 0.4) is 0 Å². The summed E-state index contributed by atoms with van der Waals surface area (Å²) >= 11 is 0. The van der Waals surface area contributed by atoms with Crippen LogP contribution in [0.5, 0.6) is 11.5 Å². The lowest BCUT2D eigenvalue weighted by Gasteiger charge is -2.44. The molecule has 0 aromatic heterocycles. The molecule has 2 aromatic carbocycles. The van der Waals surface area contributed by atoms with Crippen LogP contribution in [0.2, 0.25) is 0 Å². The number of ether oxygens (including phenoxy) is 2. The Balaban J connectivity index is 1.63. The molecule has 2 aromatic rings. The summed E-state index contributed by atoms with van der Waals surface area (Å²) in [5.74, 6) is 1.31. The van der Waals surface area contributed by atoms with E-state index in [1.165, 1.54) is 7.11 Å². The monoisotopic (exact) mass is 537 g/mol. The van der Waals surface area contributed by atoms with Crippen LogP contribution in [0.1, 0.15) is 61.6 Å². The van der Waals surface area contributed by atoms with Gasteiger partial charge < -0.3 is 30.5 Å². The summed E-state index contributed by atoms with van der Waals surface area (Å²) < 4.78 is 11.2. The molecule has 4 rings (SSSR count). The van der Waals surface area contributed by atoms with E-state index in [4.69, 9.17) is 15.2 Å². The van der Waals surface area contributed by atoms with Gasteiger partial charge in [0.25, 0.3) is 0 Å². The Bertz CT molecular complexity index is 1130. The van der Waals surface area contributed by atoms with E-state index >= 15 is 0 Å². The Morgan fingerprint density at radius 1 is 1.10 bits per heavy atom. The van der Waals surface area contributed by atoms with Gasteiger partial charge in [-0.15, -0.1) is 0 Å². The van der Waals surface area contributed by atoms with E-state index in [-0.39, 0.29) is 23.8 Å². The van der Waals surface area contributed by atoms with Gasteiger partial charge in [-0.3, -0.25) is 4.79 Å². The lowest BCUT2D eigenvalue weighted by Crippen LogP contribution is -2.49. The van der Waals surface area contributed by atoms with Crippen molar-refractivity contribution in [2.24, 2.45) is 17.6 Å². The molecule has 1 heterocycles. The fourth-order valence-electron chi connectivity index (χ4n) is 6.23. The first-order valence-corrected chi connectivity index (χ1v) is 14.1. The highest BCUT2D eigenvalue weighted by molar-refractivity contribution is 5.79. The molecular weight excluding hydrogens is 494 g/mol. The Hall–Kier alpha value is -3.10. The highest BCUT2D eigenvalue weighted by atomic mass is 16.5. The van der Waals surface area contributed by atoms with Crippen molar-refractivity contribution in [3.63, 3.8) is 0 Å². The summed E-state index contributed by atoms with van der Waals surface area (Å²) in [4.78, 5) is 27.0. The fourth-order valence-corrected chi connectivity index (χ4v) is 6.23. The van der Waals surface area contributed by atoms with Gasteiger partial charge in [0, 0.05) is 43.1 Å². The minimum atomic E-state index is -1.27. The molecule has 2 fully saturated rings. The first-order chi connectivity index (χ1) is 18.7. The minimum absolute atomic E-state index is 0.0317. The summed E-state index contributed by atoms with van der Waals surface area (Å²) in [5.41, 5.74) is 7.56. The predicted octanol–water partition coefficient (Wildman–Crippen LogP) is 4.79. The molecule has 1 saturated carbocycles. The van der Waals surface area contributed by atoms with Crippen molar-refractivity contribution < 1.29 is 24.2 Å². The average molecular weight is 538 g/mol. The van der Waals surface area contributed by atoms with E-state index in [2.05, 4.69) is 5.32 Å². The number of nitrogens with two attached hydrogens (primary N) is 1. The Morgan fingerprint density at radius 2 is 1.85 bits per heavy atom. The third-order valence-corrected chi connectivity index (χ3v) is 8.39. The summed E-state index contributed by atoms with van der Waals surface area (Å²) in [6, 6.07) is 13.7. The van der Waals surface area contributed by atoms with Crippen molar-refractivity contribution in [1.82, 2.24) is 10.2 Å². The van der Waals surface area contributed by atoms with Crippen LogP contribution < -0.4 is 15.8 Å². The zero-order valence-electron chi connectivity index (χ0n) is 23.4. The number of alkyl carbamates (subject to hydrolysis) is 1. The van der Waals surface area contributed by atoms with Crippen molar-refractivity contribution in [2.75, 3.05) is 26.7 Å². The number of carbonyl (C=O) groups excluding carboxylic acids is 2. The number of nitrogens with one attached hydrogen (secondary N) is 1. The van der Waals surface area contributed by atoms with Crippen LogP contribution in [0, 0.1) is 25.7 Å². The van der Waals surface area contributed by atoms with Crippen LogP contribution in [0.4, 0.5) is 4.79 Å². The number of methoxy groups -OCH3 is 1. The van der Waals surface area contributed by atoms with E-state index < -0.39 is 11.7 Å². The van der Waals surface area contributed by atoms with Gasteiger partial charge in [-0.05, 0) is 76.0 Å². The number of hydrogen-bond acceptors (Lipinski definition) is 6. The number of likely N-dealkylation sites (tertiary alicyclic amines) is 1. The largest absolute Gasteiger partial charge is 0.456 e. The number of nitrogens with zero attached hydrogens (tertiary/aromatic N) is 1. The number of benzene rings is 2. The van der Waals surface area contributed by atoms with E-state index in [0.29, 0.717) is 43.8 Å². The molecule has 4 N–H and O–H groups in total. The van der Waals surface area contributed by atoms with Crippen LogP contribution in [0.25, 0.3) is 0 Å². The number of aliphatic hydroxyl groups is 1. The number of hydrogen-bond donors (Lipinski definition) is 3. The molecule has 2 amide bonds. The van der Waals surface area contributed by atoms with Crippen molar-refractivity contribution in [2.45, 2.75) is 70.4 Å². The second-order valence-corrected chi connectivity index (χ2v) is 11.2. The van der Waals surface area contributed by atoms with Crippen molar-refractivity contribution in [3.8, 4) is 11.5 Å². The molecule has 2 aliphatic rings. The van der Waals surface area contributed by atoms with Crippen molar-refractivity contribution >= 4 is 12.0 Å². The highest BCUT2D eigenvalue weighted by Crippen LogP contribution is 2.45. The van der Waals surface area contributed by atoms with Gasteiger partial charge in [0.05, 0.1) is 12.7 Å². The molecule has 39 heavy (non-hydrogen) atoms. The Labute approximate surface area is 231 Å². The van der Waals surface area contributed by atoms with E-state index in [0.717, 1.165) is 49.0 Å². The van der Waals surface area contributed by atoms with Gasteiger partial charge in [0.15, 0.2) is 0 Å². The van der Waals surface area contributed by atoms with Crippen LogP contribution >= 0.6 is 0 Å². The lowest BCUT2D eigenvalue weighted by molar-refractivity contribution is -0.141. The van der Waals surface area contributed by atoms with Crippen molar-refractivity contribution in [3.05, 3.63) is 59.2 Å². The smallest absolute Gasteiger partial charge is 0.406 e. The third-order valence-electron chi connectivity index (χ3n) is 8.39. The van der Waals surface area contributed by atoms with E-state index in [1.807, 2.05) is 61.2 Å². The normalized spacial score (nSPS) is 22.7. The molecule has 0 bridgehead atoms. The molecule has 0 spiro atoms. The molecule has 4 atom stereocenters. The number of piperidine rings is 1. The topological polar surface area (TPSA) is 114 Å². The molecule has 1 aliphatic carbocycles. The number of aryl methyl sites for hydroxylation is 2. The summed E-state index contributed by atoms with van der Waals surface area (Å²) in [6.07, 6.45) is 4.48. The maximum Gasteiger partial charge on any atom is 0.406 e. The molecule has 8 heteroatoms. The van der Waals surface area contributed by atoms with Gasteiger partial charge in [0.1, 0.15) is 11.5 Å². The van der Waals surface area contributed by atoms with Gasteiger partial charge >= 0.3 is 6.09 Å². The zero-order valence-corrected chi connectivity index (χ0v) is 23.4. The predicted molar refractivity (Wildman–Crippen MR) is 151 cm³/mol. The second-order valence-electron chi connectivity index (χ2n) is 11.2. The lowest BCUT2D eigenvalue weighted by atomic mass is 9.73. The van der Waals surface area contributed by atoms with E-state index in [1.54, 1.807) is 0 Å². The molecule has 8 nitrogen and oxygen atoms in total. The van der Waals surface area contributed by atoms with Crippen LogP contribution in [-0.2, 0) is 15.1 Å². The van der Waals surface area contributed by atoms with Crippen molar-refractivity contribution in [1.29, 1.82) is 0 Å². The molecule has 0 radical (unpaired) electrons. The molecular formula is C31H43N3O5. The standard InChI is InChI=1S/C31H43N3O5/c1-21-9-6-10-22(2)28(21)39-27-13-5-4-12-26(27)31(37,16-8-17-33-30(36)38-3)24-11-7-18-34(20-24)29(35)23-14-15-25(32)19-23/h4-6,9-10,12-13,23-25,37H,7-8,11,14-20,32H2,1-3H3,(H,33,36). The van der Waals surface area contributed by atoms with E-state index in [9.17, 15) is 14.7 Å².